The first-order valence-electron chi connectivity index (χ1n) is 15.6. The molecule has 0 aliphatic carbocycles. The summed E-state index contributed by atoms with van der Waals surface area (Å²) in [4.78, 5) is 14.0. The van der Waals surface area contributed by atoms with Crippen LogP contribution in [-0.4, -0.2) is 43.6 Å². The average molecular weight is 572 g/mol. The third-order valence-corrected chi connectivity index (χ3v) is 13.9. The number of amides is 1. The highest BCUT2D eigenvalue weighted by Crippen LogP contribution is 2.39. The van der Waals surface area contributed by atoms with Gasteiger partial charge in [-0.2, -0.15) is 0 Å². The van der Waals surface area contributed by atoms with Crippen LogP contribution in [0.25, 0.3) is 0 Å². The monoisotopic (exact) mass is 571 g/mol. The van der Waals surface area contributed by atoms with Crippen molar-refractivity contribution < 1.29 is 14.3 Å². The van der Waals surface area contributed by atoms with Crippen molar-refractivity contribution in [3.05, 3.63) is 96.1 Å². The molecule has 0 radical (unpaired) electrons. The topological polar surface area (TPSA) is 49.8 Å². The van der Waals surface area contributed by atoms with Gasteiger partial charge in [0.1, 0.15) is 0 Å². The van der Waals surface area contributed by atoms with Crippen molar-refractivity contribution in [2.45, 2.75) is 96.1 Å². The standard InChI is InChI=1S/C36H49NO3Si/c1-5-6-7-8-9-12-17-29-22-24-30(25-23-29)33-26-27-37(35(38)39)34(33)28-40-41(36(2,3)4,31-18-13-10-14-19-31)32-20-15-11-16-21-32/h10-11,13-16,18-25,33-34H,5-9,12,17,26-28H2,1-4H3,(H,38,39). The Bertz CT molecular complexity index is 1170. The molecule has 220 valence electrons. The number of carbonyl (C=O) groups is 1. The summed E-state index contributed by atoms with van der Waals surface area (Å²) in [5.74, 6) is 0.118. The third kappa shape index (κ3) is 7.31. The van der Waals surface area contributed by atoms with Crippen LogP contribution in [0, 0.1) is 0 Å². The fourth-order valence-electron chi connectivity index (χ4n) is 6.70. The van der Waals surface area contributed by atoms with Crippen molar-refractivity contribution in [3.63, 3.8) is 0 Å². The highest BCUT2D eigenvalue weighted by molar-refractivity contribution is 6.99. The molecule has 1 fully saturated rings. The van der Waals surface area contributed by atoms with Crippen LogP contribution in [-0.2, 0) is 10.8 Å². The summed E-state index contributed by atoms with van der Waals surface area (Å²) >= 11 is 0. The van der Waals surface area contributed by atoms with Gasteiger partial charge in [0.25, 0.3) is 8.32 Å². The SMILES string of the molecule is CCCCCCCCc1ccc(C2CCN(C(=O)O)C2CO[Si](c2ccccc2)(c2ccccc2)C(C)(C)C)cc1. The molecule has 0 aromatic heterocycles. The van der Waals surface area contributed by atoms with Crippen LogP contribution < -0.4 is 10.4 Å². The Morgan fingerprint density at radius 1 is 0.854 bits per heavy atom. The average Bonchev–Trinajstić information content (AvgIpc) is 3.40. The predicted octanol–water partition coefficient (Wildman–Crippen LogP) is 8.00. The molecule has 41 heavy (non-hydrogen) atoms. The van der Waals surface area contributed by atoms with Gasteiger partial charge >= 0.3 is 6.09 Å². The lowest BCUT2D eigenvalue weighted by Gasteiger charge is -2.44. The van der Waals surface area contributed by atoms with Crippen LogP contribution in [0.1, 0.15) is 89.7 Å². The Kier molecular flexibility index (Phi) is 10.9. The summed E-state index contributed by atoms with van der Waals surface area (Å²) in [6.45, 7) is 9.97. The van der Waals surface area contributed by atoms with E-state index in [-0.39, 0.29) is 17.0 Å². The van der Waals surface area contributed by atoms with Crippen LogP contribution in [0.4, 0.5) is 4.79 Å². The minimum atomic E-state index is -2.77. The molecule has 1 N–H and O–H groups in total. The molecular formula is C36H49NO3Si. The molecule has 3 aromatic carbocycles. The normalized spacial score (nSPS) is 17.6. The van der Waals surface area contributed by atoms with Gasteiger partial charge in [0, 0.05) is 12.5 Å². The maximum absolute atomic E-state index is 12.4. The summed E-state index contributed by atoms with van der Waals surface area (Å²) in [5, 5.41) is 12.4. The molecule has 1 heterocycles. The maximum atomic E-state index is 12.4. The van der Waals surface area contributed by atoms with Gasteiger partial charge in [0.05, 0.1) is 12.6 Å². The Hall–Kier alpha value is -2.89. The Labute approximate surface area is 248 Å². The molecule has 4 nitrogen and oxygen atoms in total. The van der Waals surface area contributed by atoms with E-state index >= 15 is 0 Å². The highest BCUT2D eigenvalue weighted by Gasteiger charge is 2.51. The Morgan fingerprint density at radius 2 is 1.41 bits per heavy atom. The summed E-state index contributed by atoms with van der Waals surface area (Å²) < 4.78 is 7.23. The van der Waals surface area contributed by atoms with Crippen LogP contribution in [0.3, 0.4) is 0 Å². The van der Waals surface area contributed by atoms with Gasteiger partial charge in [-0.1, -0.05) is 145 Å². The molecule has 0 spiro atoms. The van der Waals surface area contributed by atoms with Crippen LogP contribution in [0.2, 0.25) is 5.04 Å². The van der Waals surface area contributed by atoms with Crippen molar-refractivity contribution in [1.29, 1.82) is 0 Å². The zero-order chi connectivity index (χ0) is 29.3. The fraction of sp³-hybridized carbons (Fsp3) is 0.472. The third-order valence-electron chi connectivity index (χ3n) is 8.91. The van der Waals surface area contributed by atoms with Gasteiger partial charge in [0.2, 0.25) is 0 Å². The number of likely N-dealkylation sites (tertiary alicyclic amines) is 1. The number of hydrogen-bond donors (Lipinski definition) is 1. The number of rotatable bonds is 13. The number of carboxylic acid groups (broad SMARTS) is 1. The second-order valence-electron chi connectivity index (χ2n) is 12.7. The quantitative estimate of drug-likeness (QED) is 0.167. The first-order valence-corrected chi connectivity index (χ1v) is 17.5. The van der Waals surface area contributed by atoms with E-state index in [1.807, 2.05) is 12.1 Å². The molecule has 4 rings (SSSR count). The molecule has 5 heteroatoms. The molecule has 0 bridgehead atoms. The van der Waals surface area contributed by atoms with E-state index in [0.29, 0.717) is 13.2 Å². The van der Waals surface area contributed by atoms with Gasteiger partial charge in [-0.05, 0) is 45.8 Å². The van der Waals surface area contributed by atoms with E-state index in [1.54, 1.807) is 4.90 Å². The molecule has 1 aliphatic rings. The zero-order valence-corrected chi connectivity index (χ0v) is 26.5. The number of unbranched alkanes of at least 4 members (excludes halogenated alkanes) is 5. The molecular weight excluding hydrogens is 522 g/mol. The molecule has 0 saturated carbocycles. The van der Waals surface area contributed by atoms with Crippen LogP contribution >= 0.6 is 0 Å². The Morgan fingerprint density at radius 3 is 1.95 bits per heavy atom. The second-order valence-corrected chi connectivity index (χ2v) is 17.0. The first-order chi connectivity index (χ1) is 19.8. The number of benzene rings is 3. The summed E-state index contributed by atoms with van der Waals surface area (Å²) in [7, 11) is -2.77. The van der Waals surface area contributed by atoms with E-state index in [0.717, 1.165) is 12.8 Å². The number of nitrogens with zero attached hydrogens (tertiary/aromatic N) is 1. The van der Waals surface area contributed by atoms with E-state index in [1.165, 1.54) is 60.0 Å². The summed E-state index contributed by atoms with van der Waals surface area (Å²) in [6.07, 6.45) is 8.88. The van der Waals surface area contributed by atoms with Gasteiger partial charge in [-0.3, -0.25) is 0 Å². The Balaban J connectivity index is 1.57. The minimum Gasteiger partial charge on any atom is -0.465 e. The van der Waals surface area contributed by atoms with Crippen molar-refractivity contribution in [2.75, 3.05) is 13.2 Å². The summed E-state index contributed by atoms with van der Waals surface area (Å²) in [5.41, 5.74) is 2.59. The minimum absolute atomic E-state index is 0.118. The zero-order valence-electron chi connectivity index (χ0n) is 25.5. The van der Waals surface area contributed by atoms with Gasteiger partial charge in [-0.25, -0.2) is 4.79 Å². The number of aryl methyl sites for hydroxylation is 1. The largest absolute Gasteiger partial charge is 0.465 e. The lowest BCUT2D eigenvalue weighted by molar-refractivity contribution is 0.117. The molecule has 3 aromatic rings. The van der Waals surface area contributed by atoms with E-state index in [9.17, 15) is 9.90 Å². The second kappa shape index (κ2) is 14.3. The molecule has 1 amide bonds. The van der Waals surface area contributed by atoms with Gasteiger partial charge in [-0.15, -0.1) is 0 Å². The van der Waals surface area contributed by atoms with E-state index < -0.39 is 14.4 Å². The lowest BCUT2D eigenvalue weighted by atomic mass is 9.91. The van der Waals surface area contributed by atoms with Crippen molar-refractivity contribution in [2.24, 2.45) is 0 Å². The van der Waals surface area contributed by atoms with Crippen LogP contribution in [0.15, 0.2) is 84.9 Å². The molecule has 2 atom stereocenters. The van der Waals surface area contributed by atoms with E-state index in [2.05, 4.69) is 100 Å². The van der Waals surface area contributed by atoms with Crippen molar-refractivity contribution in [1.82, 2.24) is 4.90 Å². The fourth-order valence-corrected chi connectivity index (χ4v) is 11.3. The van der Waals surface area contributed by atoms with Crippen molar-refractivity contribution >= 4 is 24.8 Å². The highest BCUT2D eigenvalue weighted by atomic mass is 28.4. The van der Waals surface area contributed by atoms with Gasteiger partial charge in [0.15, 0.2) is 0 Å². The predicted molar refractivity (Wildman–Crippen MR) is 173 cm³/mol. The smallest absolute Gasteiger partial charge is 0.407 e. The molecule has 1 aliphatic heterocycles. The van der Waals surface area contributed by atoms with E-state index in [4.69, 9.17) is 4.43 Å². The van der Waals surface area contributed by atoms with Crippen LogP contribution in [0.5, 0.6) is 0 Å². The first kappa shape index (κ1) is 31.1. The lowest BCUT2D eigenvalue weighted by Crippen LogP contribution is -2.67. The molecule has 1 saturated heterocycles. The summed E-state index contributed by atoms with van der Waals surface area (Å²) in [6, 6.07) is 30.0. The number of hydrogen-bond acceptors (Lipinski definition) is 2. The van der Waals surface area contributed by atoms with Gasteiger partial charge < -0.3 is 14.4 Å². The maximum Gasteiger partial charge on any atom is 0.407 e. The van der Waals surface area contributed by atoms with Crippen molar-refractivity contribution in [3.8, 4) is 0 Å². The molecule has 2 unspecified atom stereocenters.